The topological polar surface area (TPSA) is 20.3 Å². The minimum atomic E-state index is 0.0841. The molecule has 0 fully saturated rings. The number of halogens is 1. The van der Waals surface area contributed by atoms with E-state index in [-0.39, 0.29) is 5.91 Å². The van der Waals surface area contributed by atoms with Gasteiger partial charge in [0.2, 0.25) is 5.91 Å². The van der Waals surface area contributed by atoms with Gasteiger partial charge in [0, 0.05) is 25.9 Å². The highest BCUT2D eigenvalue weighted by atomic mass is 35.5. The predicted octanol–water partition coefficient (Wildman–Crippen LogP) is 3.18. The lowest BCUT2D eigenvalue weighted by atomic mass is 10.1. The van der Waals surface area contributed by atoms with Crippen LogP contribution < -0.4 is 0 Å². The van der Waals surface area contributed by atoms with Crippen LogP contribution in [0.25, 0.3) is 6.08 Å². The third kappa shape index (κ3) is 5.05. The number of likely N-dealkylation sites (N-methyl/N-ethyl adjacent to an activating group) is 1. The van der Waals surface area contributed by atoms with Gasteiger partial charge in [0.05, 0.1) is 0 Å². The van der Waals surface area contributed by atoms with E-state index >= 15 is 0 Å². The molecule has 0 atom stereocenters. The van der Waals surface area contributed by atoms with Crippen LogP contribution in [0.5, 0.6) is 0 Å². The minimum Gasteiger partial charge on any atom is -0.342 e. The van der Waals surface area contributed by atoms with Crippen LogP contribution in [0.4, 0.5) is 0 Å². The number of amides is 1. The van der Waals surface area contributed by atoms with Gasteiger partial charge in [-0.25, -0.2) is 0 Å². The van der Waals surface area contributed by atoms with Crippen LogP contribution >= 0.6 is 11.6 Å². The molecule has 0 saturated carbocycles. The van der Waals surface area contributed by atoms with Crippen molar-refractivity contribution in [1.29, 1.82) is 0 Å². The molecule has 0 aliphatic heterocycles. The van der Waals surface area contributed by atoms with E-state index in [1.165, 1.54) is 0 Å². The summed E-state index contributed by atoms with van der Waals surface area (Å²) in [4.78, 5) is 13.3. The van der Waals surface area contributed by atoms with Crippen molar-refractivity contribution < 1.29 is 4.79 Å². The Labute approximate surface area is 108 Å². The van der Waals surface area contributed by atoms with Gasteiger partial charge in [-0.3, -0.25) is 4.79 Å². The van der Waals surface area contributed by atoms with Crippen molar-refractivity contribution in [1.82, 2.24) is 4.90 Å². The van der Waals surface area contributed by atoms with Gasteiger partial charge in [0.25, 0.3) is 0 Å². The van der Waals surface area contributed by atoms with Gasteiger partial charge < -0.3 is 4.90 Å². The van der Waals surface area contributed by atoms with Gasteiger partial charge >= 0.3 is 0 Å². The molecule has 1 rings (SSSR count). The molecule has 17 heavy (non-hydrogen) atoms. The van der Waals surface area contributed by atoms with E-state index in [2.05, 4.69) is 6.08 Å². The first-order valence-electron chi connectivity index (χ1n) is 5.65. The zero-order valence-corrected chi connectivity index (χ0v) is 11.1. The van der Waals surface area contributed by atoms with E-state index < -0.39 is 0 Å². The van der Waals surface area contributed by atoms with Gasteiger partial charge in [-0.2, -0.15) is 0 Å². The molecule has 0 aliphatic carbocycles. The van der Waals surface area contributed by atoms with Crippen LogP contribution in [0, 0.1) is 0 Å². The molecule has 1 amide bonds. The summed E-state index contributed by atoms with van der Waals surface area (Å²) in [6.07, 6.45) is 2.49. The normalized spacial score (nSPS) is 11.4. The van der Waals surface area contributed by atoms with E-state index in [9.17, 15) is 4.79 Å². The summed E-state index contributed by atoms with van der Waals surface area (Å²) in [5, 5.41) is 0. The zero-order valence-electron chi connectivity index (χ0n) is 10.3. The van der Waals surface area contributed by atoms with Gasteiger partial charge in [0.15, 0.2) is 0 Å². The van der Waals surface area contributed by atoms with Crippen molar-refractivity contribution in [3.05, 3.63) is 41.5 Å². The number of hydrogen-bond donors (Lipinski definition) is 0. The molecule has 3 heteroatoms. The number of rotatable bonds is 5. The summed E-state index contributed by atoms with van der Waals surface area (Å²) < 4.78 is 0. The Hall–Kier alpha value is -1.28. The molecular formula is C14H18ClNO. The fourth-order valence-electron chi connectivity index (χ4n) is 1.61. The Balaban J connectivity index is 2.57. The lowest BCUT2D eigenvalue weighted by Gasteiger charge is -2.17. The summed E-state index contributed by atoms with van der Waals surface area (Å²) in [6.45, 7) is 2.67. The standard InChI is InChI=1S/C14H18ClNO/c1-12(10-13-6-4-3-5-7-13)11-16(2)14(17)8-9-15/h3-7,10H,8-9,11H2,1-2H3/b12-10+. The Bertz CT molecular complexity index is 386. The number of hydrogen-bond acceptors (Lipinski definition) is 1. The highest BCUT2D eigenvalue weighted by Gasteiger charge is 2.07. The number of benzene rings is 1. The summed E-state index contributed by atoms with van der Waals surface area (Å²) in [6, 6.07) is 10.1. The number of carbonyl (C=O) groups is 1. The van der Waals surface area contributed by atoms with Crippen molar-refractivity contribution in [3.8, 4) is 0 Å². The smallest absolute Gasteiger partial charge is 0.223 e. The minimum absolute atomic E-state index is 0.0841. The Morgan fingerprint density at radius 1 is 1.35 bits per heavy atom. The maximum Gasteiger partial charge on any atom is 0.223 e. The average Bonchev–Trinajstić information content (AvgIpc) is 2.30. The molecule has 1 aromatic rings. The molecule has 0 bridgehead atoms. The van der Waals surface area contributed by atoms with Crippen LogP contribution in [0.1, 0.15) is 18.9 Å². The Morgan fingerprint density at radius 2 is 2.00 bits per heavy atom. The molecule has 0 heterocycles. The zero-order chi connectivity index (χ0) is 12.7. The van der Waals surface area contributed by atoms with Crippen molar-refractivity contribution in [2.75, 3.05) is 19.5 Å². The van der Waals surface area contributed by atoms with Crippen LogP contribution in [0.3, 0.4) is 0 Å². The summed E-state index contributed by atoms with van der Waals surface area (Å²) in [5.74, 6) is 0.464. The second-order valence-corrected chi connectivity index (χ2v) is 4.47. The monoisotopic (exact) mass is 251 g/mol. The second kappa shape index (κ2) is 7.13. The maximum atomic E-state index is 11.5. The second-order valence-electron chi connectivity index (χ2n) is 4.09. The van der Waals surface area contributed by atoms with E-state index in [4.69, 9.17) is 11.6 Å². The van der Waals surface area contributed by atoms with Gasteiger partial charge in [-0.05, 0) is 12.5 Å². The summed E-state index contributed by atoms with van der Waals surface area (Å²) in [5.41, 5.74) is 2.31. The molecule has 0 aromatic heterocycles. The molecule has 1 aromatic carbocycles. The molecule has 0 aliphatic rings. The van der Waals surface area contributed by atoms with E-state index in [0.29, 0.717) is 18.8 Å². The molecule has 92 valence electrons. The summed E-state index contributed by atoms with van der Waals surface area (Å²) >= 11 is 5.54. The Morgan fingerprint density at radius 3 is 2.59 bits per heavy atom. The molecule has 2 nitrogen and oxygen atoms in total. The molecule has 0 N–H and O–H groups in total. The Kier molecular flexibility index (Phi) is 5.78. The van der Waals surface area contributed by atoms with E-state index in [1.54, 1.807) is 11.9 Å². The highest BCUT2D eigenvalue weighted by molar-refractivity contribution is 6.18. The van der Waals surface area contributed by atoms with Crippen LogP contribution in [0.2, 0.25) is 0 Å². The third-order valence-electron chi connectivity index (χ3n) is 2.43. The third-order valence-corrected chi connectivity index (χ3v) is 2.62. The van der Waals surface area contributed by atoms with Crippen LogP contribution in [-0.4, -0.2) is 30.3 Å². The predicted molar refractivity (Wildman–Crippen MR) is 73.1 cm³/mol. The van der Waals surface area contributed by atoms with Crippen LogP contribution in [-0.2, 0) is 4.79 Å². The maximum absolute atomic E-state index is 11.5. The van der Waals surface area contributed by atoms with Crippen molar-refractivity contribution in [2.24, 2.45) is 0 Å². The average molecular weight is 252 g/mol. The van der Waals surface area contributed by atoms with Crippen molar-refractivity contribution in [3.63, 3.8) is 0 Å². The van der Waals surface area contributed by atoms with Gasteiger partial charge in [-0.15, -0.1) is 11.6 Å². The largest absolute Gasteiger partial charge is 0.342 e. The van der Waals surface area contributed by atoms with E-state index in [0.717, 1.165) is 11.1 Å². The first-order valence-corrected chi connectivity index (χ1v) is 6.19. The molecule has 0 spiro atoms. The first kappa shape index (κ1) is 13.8. The molecular weight excluding hydrogens is 234 g/mol. The lowest BCUT2D eigenvalue weighted by molar-refractivity contribution is -0.129. The van der Waals surface area contributed by atoms with Gasteiger partial charge in [-0.1, -0.05) is 42.0 Å². The highest BCUT2D eigenvalue weighted by Crippen LogP contribution is 2.07. The number of carbonyl (C=O) groups excluding carboxylic acids is 1. The first-order chi connectivity index (χ1) is 8.13. The number of alkyl halides is 1. The lowest BCUT2D eigenvalue weighted by Crippen LogP contribution is -2.28. The van der Waals surface area contributed by atoms with Gasteiger partial charge in [0.1, 0.15) is 0 Å². The fourth-order valence-corrected chi connectivity index (χ4v) is 1.78. The fraction of sp³-hybridized carbons (Fsp3) is 0.357. The molecule has 0 unspecified atom stereocenters. The molecule has 0 radical (unpaired) electrons. The van der Waals surface area contributed by atoms with E-state index in [1.807, 2.05) is 37.3 Å². The van der Waals surface area contributed by atoms with Crippen molar-refractivity contribution >= 4 is 23.6 Å². The SMILES string of the molecule is C/C(=C\c1ccccc1)CN(C)C(=O)CCCl. The summed E-state index contributed by atoms with van der Waals surface area (Å²) in [7, 11) is 1.80. The van der Waals surface area contributed by atoms with Crippen molar-refractivity contribution in [2.45, 2.75) is 13.3 Å². The van der Waals surface area contributed by atoms with Crippen LogP contribution in [0.15, 0.2) is 35.9 Å². The molecule has 0 saturated heterocycles. The quantitative estimate of drug-likeness (QED) is 0.736. The number of nitrogens with zero attached hydrogens (tertiary/aromatic N) is 1.